The number of nitrogens with one attached hydrogen (secondary N) is 1. The highest BCUT2D eigenvalue weighted by atomic mass is 35.5. The van der Waals surface area contributed by atoms with Gasteiger partial charge in [0.1, 0.15) is 0 Å². The summed E-state index contributed by atoms with van der Waals surface area (Å²) in [5, 5.41) is 3.57. The zero-order valence-corrected chi connectivity index (χ0v) is 11.0. The molecule has 0 saturated heterocycles. The van der Waals surface area contributed by atoms with E-state index in [1.54, 1.807) is 18.3 Å². The van der Waals surface area contributed by atoms with Crippen LogP contribution >= 0.6 is 11.6 Å². The fourth-order valence-electron chi connectivity index (χ4n) is 1.55. The number of hydrogen-bond acceptors (Lipinski definition) is 3. The summed E-state index contributed by atoms with van der Waals surface area (Å²) in [6.45, 7) is 0.757. The first kappa shape index (κ1) is 14.7. The molecule has 0 aromatic carbocycles. The van der Waals surface area contributed by atoms with Gasteiger partial charge in [0.15, 0.2) is 0 Å². The van der Waals surface area contributed by atoms with Gasteiger partial charge in [-0.05, 0) is 24.3 Å². The summed E-state index contributed by atoms with van der Waals surface area (Å²) < 4.78 is 37.1. The van der Waals surface area contributed by atoms with Crippen molar-refractivity contribution in [2.75, 3.05) is 0 Å². The fourth-order valence-corrected chi connectivity index (χ4v) is 1.74. The molecule has 20 heavy (non-hydrogen) atoms. The van der Waals surface area contributed by atoms with E-state index in [-0.39, 0.29) is 0 Å². The number of rotatable bonds is 4. The van der Waals surface area contributed by atoms with E-state index < -0.39 is 11.7 Å². The van der Waals surface area contributed by atoms with Crippen molar-refractivity contribution in [2.45, 2.75) is 19.3 Å². The zero-order chi connectivity index (χ0) is 14.6. The number of aromatic nitrogens is 2. The summed E-state index contributed by atoms with van der Waals surface area (Å²) in [5.74, 6) is 0. The predicted octanol–water partition coefficient (Wildman–Crippen LogP) is 3.44. The van der Waals surface area contributed by atoms with Crippen LogP contribution < -0.4 is 5.32 Å². The van der Waals surface area contributed by atoms with Crippen LogP contribution in [0.1, 0.15) is 17.0 Å². The quantitative estimate of drug-likeness (QED) is 0.940. The molecule has 2 rings (SSSR count). The Labute approximate surface area is 118 Å². The summed E-state index contributed by atoms with van der Waals surface area (Å²) in [4.78, 5) is 7.86. The predicted molar refractivity (Wildman–Crippen MR) is 69.0 cm³/mol. The molecular weight excluding hydrogens is 291 g/mol. The first-order valence-electron chi connectivity index (χ1n) is 5.79. The molecule has 0 aliphatic heterocycles. The third-order valence-corrected chi connectivity index (χ3v) is 2.93. The van der Waals surface area contributed by atoms with Crippen LogP contribution in [-0.2, 0) is 19.3 Å². The Morgan fingerprint density at radius 1 is 1.10 bits per heavy atom. The number of nitrogens with zero attached hydrogens (tertiary/aromatic N) is 2. The molecule has 7 heteroatoms. The van der Waals surface area contributed by atoms with Gasteiger partial charge in [-0.3, -0.25) is 9.97 Å². The molecule has 0 aliphatic carbocycles. The minimum absolute atomic E-state index is 0.338. The maximum absolute atomic E-state index is 12.4. The van der Waals surface area contributed by atoms with Crippen molar-refractivity contribution in [1.82, 2.24) is 15.3 Å². The fraction of sp³-hybridized carbons (Fsp3) is 0.231. The SMILES string of the molecule is FC(F)(F)c1ccc(CNCc2ncccc2Cl)nc1. The van der Waals surface area contributed by atoms with Crippen LogP contribution in [-0.4, -0.2) is 9.97 Å². The van der Waals surface area contributed by atoms with Crippen molar-refractivity contribution < 1.29 is 13.2 Å². The largest absolute Gasteiger partial charge is 0.417 e. The second-order valence-corrected chi connectivity index (χ2v) is 4.48. The second-order valence-electron chi connectivity index (χ2n) is 4.07. The van der Waals surface area contributed by atoms with Gasteiger partial charge in [-0.25, -0.2) is 0 Å². The van der Waals surface area contributed by atoms with E-state index in [1.165, 1.54) is 6.07 Å². The molecule has 2 heterocycles. The van der Waals surface area contributed by atoms with E-state index >= 15 is 0 Å². The minimum Gasteiger partial charge on any atom is -0.305 e. The summed E-state index contributed by atoms with van der Waals surface area (Å²) in [6, 6.07) is 5.80. The molecule has 0 atom stereocenters. The van der Waals surface area contributed by atoms with Crippen LogP contribution in [0.2, 0.25) is 5.02 Å². The standard InChI is InChI=1S/C13H11ClF3N3/c14-11-2-1-5-19-12(11)8-18-7-10-4-3-9(6-20-10)13(15,16)17/h1-6,18H,7-8H2. The number of alkyl halides is 3. The van der Waals surface area contributed by atoms with Crippen molar-refractivity contribution in [2.24, 2.45) is 0 Å². The van der Waals surface area contributed by atoms with Gasteiger partial charge in [0.05, 0.1) is 22.0 Å². The Bertz CT molecular complexity index is 570. The Hall–Kier alpha value is -1.66. The lowest BCUT2D eigenvalue weighted by molar-refractivity contribution is -0.137. The summed E-state index contributed by atoms with van der Waals surface area (Å²) in [7, 11) is 0. The second kappa shape index (κ2) is 6.19. The Balaban J connectivity index is 1.90. The Kier molecular flexibility index (Phi) is 4.57. The van der Waals surface area contributed by atoms with Gasteiger partial charge < -0.3 is 5.32 Å². The third kappa shape index (κ3) is 3.91. The van der Waals surface area contributed by atoms with E-state index in [0.717, 1.165) is 12.3 Å². The smallest absolute Gasteiger partial charge is 0.305 e. The van der Waals surface area contributed by atoms with Gasteiger partial charge in [0.2, 0.25) is 0 Å². The number of halogens is 4. The summed E-state index contributed by atoms with van der Waals surface area (Å²) in [5.41, 5.74) is 0.445. The topological polar surface area (TPSA) is 37.8 Å². The zero-order valence-electron chi connectivity index (χ0n) is 10.3. The monoisotopic (exact) mass is 301 g/mol. The first-order chi connectivity index (χ1) is 9.47. The first-order valence-corrected chi connectivity index (χ1v) is 6.17. The molecule has 0 unspecified atom stereocenters. The van der Waals surface area contributed by atoms with Crippen LogP contribution in [0, 0.1) is 0 Å². The molecule has 0 amide bonds. The maximum atomic E-state index is 12.4. The molecule has 0 saturated carbocycles. The summed E-state index contributed by atoms with van der Waals surface area (Å²) in [6.07, 6.45) is -1.91. The van der Waals surface area contributed by atoms with Crippen molar-refractivity contribution in [3.8, 4) is 0 Å². The van der Waals surface area contributed by atoms with E-state index in [0.29, 0.717) is 29.5 Å². The van der Waals surface area contributed by atoms with Crippen LogP contribution in [0.3, 0.4) is 0 Å². The highest BCUT2D eigenvalue weighted by Crippen LogP contribution is 2.28. The van der Waals surface area contributed by atoms with Gasteiger partial charge in [-0.2, -0.15) is 13.2 Å². The molecule has 0 bridgehead atoms. The molecule has 3 nitrogen and oxygen atoms in total. The summed E-state index contributed by atoms with van der Waals surface area (Å²) >= 11 is 5.93. The maximum Gasteiger partial charge on any atom is 0.417 e. The molecule has 0 aliphatic rings. The van der Waals surface area contributed by atoms with Crippen LogP contribution in [0.5, 0.6) is 0 Å². The van der Waals surface area contributed by atoms with Gasteiger partial charge in [0.25, 0.3) is 0 Å². The Morgan fingerprint density at radius 2 is 1.90 bits per heavy atom. The lowest BCUT2D eigenvalue weighted by Gasteiger charge is -2.08. The minimum atomic E-state index is -4.36. The molecule has 0 spiro atoms. The lowest BCUT2D eigenvalue weighted by atomic mass is 10.2. The van der Waals surface area contributed by atoms with Gasteiger partial charge >= 0.3 is 6.18 Å². The highest BCUT2D eigenvalue weighted by Gasteiger charge is 2.30. The van der Waals surface area contributed by atoms with Crippen LogP contribution in [0.25, 0.3) is 0 Å². The van der Waals surface area contributed by atoms with E-state index in [1.807, 2.05) is 0 Å². The lowest BCUT2D eigenvalue weighted by Crippen LogP contribution is -2.15. The molecule has 1 N–H and O–H groups in total. The third-order valence-electron chi connectivity index (χ3n) is 2.59. The average molecular weight is 302 g/mol. The van der Waals surface area contributed by atoms with Crippen LogP contribution in [0.15, 0.2) is 36.7 Å². The van der Waals surface area contributed by atoms with E-state index in [9.17, 15) is 13.2 Å². The molecular formula is C13H11ClF3N3. The number of pyridine rings is 2. The Morgan fingerprint density at radius 3 is 2.50 bits per heavy atom. The van der Waals surface area contributed by atoms with E-state index in [4.69, 9.17) is 11.6 Å². The highest BCUT2D eigenvalue weighted by molar-refractivity contribution is 6.31. The molecule has 2 aromatic heterocycles. The van der Waals surface area contributed by atoms with Crippen LogP contribution in [0.4, 0.5) is 13.2 Å². The average Bonchev–Trinajstić information content (AvgIpc) is 2.40. The molecule has 0 fully saturated rings. The normalized spacial score (nSPS) is 11.6. The molecule has 106 valence electrons. The van der Waals surface area contributed by atoms with Gasteiger partial charge in [-0.15, -0.1) is 0 Å². The number of hydrogen-bond donors (Lipinski definition) is 1. The van der Waals surface area contributed by atoms with Crippen molar-refractivity contribution in [3.63, 3.8) is 0 Å². The molecule has 2 aromatic rings. The van der Waals surface area contributed by atoms with Crippen molar-refractivity contribution in [3.05, 3.63) is 58.6 Å². The van der Waals surface area contributed by atoms with E-state index in [2.05, 4.69) is 15.3 Å². The molecule has 0 radical (unpaired) electrons. The van der Waals surface area contributed by atoms with Crippen molar-refractivity contribution >= 4 is 11.6 Å². The van der Waals surface area contributed by atoms with Gasteiger partial charge in [0, 0.05) is 25.5 Å². The van der Waals surface area contributed by atoms with Gasteiger partial charge in [-0.1, -0.05) is 11.6 Å². The van der Waals surface area contributed by atoms with Crippen molar-refractivity contribution in [1.29, 1.82) is 0 Å².